The average molecular weight is 511 g/mol. The molecule has 0 unspecified atom stereocenters. The van der Waals surface area contributed by atoms with E-state index in [0.717, 1.165) is 11.3 Å². The minimum Gasteiger partial charge on any atom is -0.468 e. The Morgan fingerprint density at radius 2 is 1.77 bits per heavy atom. The van der Waals surface area contributed by atoms with Crippen molar-refractivity contribution in [2.45, 2.75) is 18.4 Å². The van der Waals surface area contributed by atoms with Crippen LogP contribution in [0.5, 0.6) is 0 Å². The van der Waals surface area contributed by atoms with Crippen LogP contribution in [0.15, 0.2) is 54.9 Å². The molecule has 5 rings (SSSR count). The van der Waals surface area contributed by atoms with Crippen LogP contribution in [0.2, 0.25) is 10.0 Å². The largest absolute Gasteiger partial charge is 0.468 e. The number of ether oxygens (including phenoxy) is 1. The molecule has 0 spiro atoms. The molecule has 1 fully saturated rings. The van der Waals surface area contributed by atoms with E-state index in [1.165, 1.54) is 7.11 Å². The smallest absolute Gasteiger partial charge is 0.326 e. The number of hydrogen-bond acceptors (Lipinski definition) is 7. The van der Waals surface area contributed by atoms with E-state index in [1.807, 2.05) is 53.1 Å². The van der Waals surface area contributed by atoms with Crippen molar-refractivity contribution in [3.8, 4) is 17.1 Å². The van der Waals surface area contributed by atoms with Crippen LogP contribution < -0.4 is 10.2 Å². The van der Waals surface area contributed by atoms with Crippen molar-refractivity contribution < 1.29 is 9.53 Å². The summed E-state index contributed by atoms with van der Waals surface area (Å²) < 4.78 is 7.02. The van der Waals surface area contributed by atoms with Gasteiger partial charge in [0.2, 0.25) is 0 Å². The fourth-order valence-corrected chi connectivity index (χ4v) is 4.97. The molecule has 0 saturated carbocycles. The summed E-state index contributed by atoms with van der Waals surface area (Å²) in [4.78, 5) is 28.8. The molecule has 0 atom stereocenters. The number of likely N-dealkylation sites (N-methyl/N-ethyl adjacent to an activating group) is 1. The van der Waals surface area contributed by atoms with Crippen molar-refractivity contribution in [2.75, 3.05) is 32.1 Å². The maximum atomic E-state index is 12.4. The molecule has 0 aliphatic carbocycles. The molecule has 1 saturated heterocycles. The van der Waals surface area contributed by atoms with Gasteiger partial charge in [0.05, 0.1) is 12.1 Å². The third-order valence-electron chi connectivity index (χ3n) is 6.60. The average Bonchev–Trinajstić information content (AvgIpc) is 3.28. The molecule has 0 radical (unpaired) electrons. The first-order valence-electron chi connectivity index (χ1n) is 11.2. The highest BCUT2D eigenvalue weighted by molar-refractivity contribution is 6.33. The van der Waals surface area contributed by atoms with E-state index in [0.29, 0.717) is 58.8 Å². The van der Waals surface area contributed by atoms with E-state index in [9.17, 15) is 4.79 Å². The number of aromatic nitrogens is 4. The van der Waals surface area contributed by atoms with Gasteiger partial charge in [0.15, 0.2) is 17.0 Å². The third-order valence-corrected chi connectivity index (χ3v) is 7.18. The van der Waals surface area contributed by atoms with Crippen LogP contribution in [0.4, 0.5) is 5.82 Å². The number of benzene rings is 2. The van der Waals surface area contributed by atoms with Crippen LogP contribution >= 0.6 is 23.2 Å². The third kappa shape index (κ3) is 4.11. The van der Waals surface area contributed by atoms with Crippen LogP contribution in [-0.2, 0) is 9.53 Å². The Kier molecular flexibility index (Phi) is 6.35. The molecule has 35 heavy (non-hydrogen) atoms. The van der Waals surface area contributed by atoms with Crippen molar-refractivity contribution in [3.05, 3.63) is 64.9 Å². The minimum absolute atomic E-state index is 0.250. The van der Waals surface area contributed by atoms with Crippen LogP contribution in [-0.4, -0.2) is 58.3 Å². The van der Waals surface area contributed by atoms with Gasteiger partial charge in [-0.2, -0.15) is 0 Å². The van der Waals surface area contributed by atoms with Crippen LogP contribution in [0.1, 0.15) is 12.8 Å². The molecule has 1 aliphatic rings. The molecule has 0 bridgehead atoms. The van der Waals surface area contributed by atoms with Gasteiger partial charge in [-0.05, 0) is 56.3 Å². The minimum atomic E-state index is -0.706. The highest BCUT2D eigenvalue weighted by Gasteiger charge is 2.41. The van der Waals surface area contributed by atoms with E-state index in [1.54, 1.807) is 13.4 Å². The molecule has 2 aromatic carbocycles. The van der Waals surface area contributed by atoms with Gasteiger partial charge in [-0.25, -0.2) is 15.0 Å². The maximum absolute atomic E-state index is 12.4. The number of carbonyl (C=O) groups is 1. The summed E-state index contributed by atoms with van der Waals surface area (Å²) in [5.74, 6) is 1.12. The first kappa shape index (κ1) is 23.5. The Morgan fingerprint density at radius 3 is 2.43 bits per heavy atom. The number of nitrogens with one attached hydrogen (secondary N) is 1. The number of rotatable bonds is 5. The number of piperidine rings is 1. The Morgan fingerprint density at radius 1 is 1.06 bits per heavy atom. The highest BCUT2D eigenvalue weighted by Crippen LogP contribution is 2.36. The molecule has 1 N–H and O–H groups in total. The number of anilines is 1. The van der Waals surface area contributed by atoms with E-state index in [4.69, 9.17) is 32.9 Å². The zero-order valence-electron chi connectivity index (χ0n) is 19.3. The van der Waals surface area contributed by atoms with E-state index in [2.05, 4.69) is 20.2 Å². The van der Waals surface area contributed by atoms with Gasteiger partial charge in [-0.1, -0.05) is 35.3 Å². The summed E-state index contributed by atoms with van der Waals surface area (Å²) in [6.45, 7) is 1.22. The van der Waals surface area contributed by atoms with Crippen molar-refractivity contribution in [3.63, 3.8) is 0 Å². The Hall–Kier alpha value is -3.20. The Bertz CT molecular complexity index is 1380. The molecular weight excluding hydrogens is 487 g/mol. The molecule has 4 aromatic rings. The number of esters is 1. The number of nitrogens with zero attached hydrogens (tertiary/aromatic N) is 5. The lowest BCUT2D eigenvalue weighted by molar-refractivity contribution is -0.149. The molecule has 1 aliphatic heterocycles. The molecule has 8 nitrogen and oxygen atoms in total. The topological polar surface area (TPSA) is 85.2 Å². The number of hydrogen-bond donors (Lipinski definition) is 1. The van der Waals surface area contributed by atoms with Crippen molar-refractivity contribution in [1.29, 1.82) is 0 Å². The highest BCUT2D eigenvalue weighted by atomic mass is 35.5. The van der Waals surface area contributed by atoms with Gasteiger partial charge < -0.3 is 15.0 Å². The predicted molar refractivity (Wildman–Crippen MR) is 137 cm³/mol. The Balaban J connectivity index is 1.63. The monoisotopic (exact) mass is 510 g/mol. The second-order valence-corrected chi connectivity index (χ2v) is 9.25. The Labute approximate surface area is 212 Å². The van der Waals surface area contributed by atoms with Gasteiger partial charge in [0.25, 0.3) is 0 Å². The summed E-state index contributed by atoms with van der Waals surface area (Å²) in [7, 11) is 3.21. The van der Waals surface area contributed by atoms with Crippen molar-refractivity contribution >= 4 is 46.2 Å². The van der Waals surface area contributed by atoms with Gasteiger partial charge in [0, 0.05) is 29.4 Å². The molecule has 0 amide bonds. The lowest BCUT2D eigenvalue weighted by atomic mass is 9.87. The van der Waals surface area contributed by atoms with E-state index in [-0.39, 0.29) is 5.97 Å². The number of methoxy groups -OCH3 is 1. The molecule has 3 heterocycles. The number of halogens is 2. The number of fused-ring (bicyclic) bond motifs is 1. The standard InChI is InChI=1S/C25H24Cl2N6O2/c1-28-25(24(34)35-2)11-13-32(14-12-25)22-20-23(30-15-29-22)33(17-9-7-16(26)8-10-17)21(31-20)18-5-3-4-6-19(18)27/h3-10,15,28H,11-14H2,1-2H3. The zero-order valence-corrected chi connectivity index (χ0v) is 20.8. The van der Waals surface area contributed by atoms with E-state index >= 15 is 0 Å². The van der Waals surface area contributed by atoms with Crippen LogP contribution in [0.3, 0.4) is 0 Å². The number of imidazole rings is 1. The lowest BCUT2D eigenvalue weighted by Gasteiger charge is -2.39. The summed E-state index contributed by atoms with van der Waals surface area (Å²) in [5, 5.41) is 4.39. The van der Waals surface area contributed by atoms with Gasteiger partial charge in [-0.3, -0.25) is 9.36 Å². The normalized spacial score (nSPS) is 15.4. The SMILES string of the molecule is CNC1(C(=O)OC)CCN(c2ncnc3c2nc(-c2ccccc2Cl)n3-c2ccc(Cl)cc2)CC1. The summed E-state index contributed by atoms with van der Waals surface area (Å²) in [6.07, 6.45) is 2.70. The van der Waals surface area contributed by atoms with Gasteiger partial charge in [0.1, 0.15) is 17.7 Å². The second kappa shape index (κ2) is 9.45. The molecule has 180 valence electrons. The fraction of sp³-hybridized carbons (Fsp3) is 0.280. The van der Waals surface area contributed by atoms with Gasteiger partial charge >= 0.3 is 5.97 Å². The predicted octanol–water partition coefficient (Wildman–Crippen LogP) is 4.52. The van der Waals surface area contributed by atoms with Crippen LogP contribution in [0, 0.1) is 0 Å². The van der Waals surface area contributed by atoms with Crippen molar-refractivity contribution in [1.82, 2.24) is 24.8 Å². The quantitative estimate of drug-likeness (QED) is 0.395. The fourth-order valence-electron chi connectivity index (χ4n) is 4.62. The van der Waals surface area contributed by atoms with E-state index < -0.39 is 5.54 Å². The van der Waals surface area contributed by atoms with Crippen molar-refractivity contribution in [2.24, 2.45) is 0 Å². The van der Waals surface area contributed by atoms with Gasteiger partial charge in [-0.15, -0.1) is 0 Å². The second-order valence-electron chi connectivity index (χ2n) is 8.41. The first-order valence-corrected chi connectivity index (χ1v) is 12.0. The zero-order chi connectivity index (χ0) is 24.6. The first-order chi connectivity index (χ1) is 17.0. The summed E-state index contributed by atoms with van der Waals surface area (Å²) in [5.41, 5.74) is 2.25. The van der Waals surface area contributed by atoms with Crippen LogP contribution in [0.25, 0.3) is 28.2 Å². The maximum Gasteiger partial charge on any atom is 0.326 e. The number of carbonyl (C=O) groups excluding carboxylic acids is 1. The summed E-state index contributed by atoms with van der Waals surface area (Å²) >= 11 is 12.7. The molecule has 2 aromatic heterocycles. The lowest BCUT2D eigenvalue weighted by Crippen LogP contribution is -2.57. The molecular formula is C25H24Cl2N6O2. The summed E-state index contributed by atoms with van der Waals surface area (Å²) in [6, 6.07) is 15.1. The molecule has 10 heteroatoms.